The van der Waals surface area contributed by atoms with Crippen LogP contribution in [0.5, 0.6) is 5.75 Å². The normalized spacial score (nSPS) is 13.1. The van der Waals surface area contributed by atoms with E-state index < -0.39 is 12.5 Å². The molecule has 2 aromatic carbocycles. The lowest BCUT2D eigenvalue weighted by atomic mass is 10.0. The van der Waals surface area contributed by atoms with E-state index in [1.54, 1.807) is 36.4 Å². The van der Waals surface area contributed by atoms with Crippen molar-refractivity contribution in [2.24, 2.45) is 0 Å². The first-order valence-electron chi connectivity index (χ1n) is 5.54. The topological polar surface area (TPSA) is 29.5 Å². The summed E-state index contributed by atoms with van der Waals surface area (Å²) in [5.74, 6) is -0.347. The van der Waals surface area contributed by atoms with Crippen LogP contribution in [0.1, 0.15) is 17.2 Å². The third kappa shape index (κ3) is 3.72. The zero-order chi connectivity index (χ0) is 13.9. The zero-order valence-electron chi connectivity index (χ0n) is 9.76. The second-order valence-electron chi connectivity index (χ2n) is 3.93. The van der Waals surface area contributed by atoms with Gasteiger partial charge in [0.1, 0.15) is 11.9 Å². The predicted molar refractivity (Wildman–Crippen MR) is 63.6 cm³/mol. The number of hydrogen-bond donors (Lipinski definition) is 1. The lowest BCUT2D eigenvalue weighted by Gasteiger charge is -2.14. The molecule has 100 valence electrons. The van der Waals surface area contributed by atoms with E-state index in [1.165, 1.54) is 18.2 Å². The number of ether oxygens (including phenoxy) is 1. The lowest BCUT2D eigenvalue weighted by Crippen LogP contribution is -2.17. The van der Waals surface area contributed by atoms with Gasteiger partial charge in [-0.1, -0.05) is 42.5 Å². The standard InChI is InChI=1S/C14H11F3O2/c15-14(16,17)19-12-8-4-7-11(9-12)13(18)10-5-2-1-3-6-10/h1-9,13,18H. The molecule has 2 nitrogen and oxygen atoms in total. The predicted octanol–water partition coefficient (Wildman–Crippen LogP) is 3.67. The maximum Gasteiger partial charge on any atom is 0.573 e. The zero-order valence-corrected chi connectivity index (χ0v) is 9.76. The van der Waals surface area contributed by atoms with Gasteiger partial charge in [-0.15, -0.1) is 13.2 Å². The smallest absolute Gasteiger partial charge is 0.406 e. The van der Waals surface area contributed by atoms with Crippen molar-refractivity contribution in [3.63, 3.8) is 0 Å². The van der Waals surface area contributed by atoms with Gasteiger partial charge in [-0.3, -0.25) is 0 Å². The minimum atomic E-state index is -4.74. The van der Waals surface area contributed by atoms with Gasteiger partial charge in [-0.05, 0) is 23.3 Å². The van der Waals surface area contributed by atoms with Crippen LogP contribution in [0, 0.1) is 0 Å². The summed E-state index contributed by atoms with van der Waals surface area (Å²) in [6.07, 6.45) is -5.73. The minimum absolute atomic E-state index is 0.341. The molecule has 1 unspecified atom stereocenters. The van der Waals surface area contributed by atoms with Gasteiger partial charge in [0.2, 0.25) is 0 Å². The average molecular weight is 268 g/mol. The van der Waals surface area contributed by atoms with Crippen LogP contribution in [0.2, 0.25) is 0 Å². The molecular weight excluding hydrogens is 257 g/mol. The fourth-order valence-corrected chi connectivity index (χ4v) is 1.71. The van der Waals surface area contributed by atoms with E-state index >= 15 is 0 Å². The van der Waals surface area contributed by atoms with Gasteiger partial charge >= 0.3 is 6.36 Å². The van der Waals surface area contributed by atoms with Gasteiger partial charge in [-0.25, -0.2) is 0 Å². The maximum absolute atomic E-state index is 12.1. The Balaban J connectivity index is 2.24. The molecule has 2 aromatic rings. The Morgan fingerprint density at radius 3 is 2.16 bits per heavy atom. The largest absolute Gasteiger partial charge is 0.573 e. The first-order valence-corrected chi connectivity index (χ1v) is 5.54. The van der Waals surface area contributed by atoms with Crippen LogP contribution >= 0.6 is 0 Å². The van der Waals surface area contributed by atoms with E-state index in [4.69, 9.17) is 0 Å². The molecule has 2 rings (SSSR count). The van der Waals surface area contributed by atoms with Crippen molar-refractivity contribution in [3.8, 4) is 5.75 Å². The molecule has 1 N–H and O–H groups in total. The highest BCUT2D eigenvalue weighted by molar-refractivity contribution is 5.35. The number of rotatable bonds is 3. The van der Waals surface area contributed by atoms with Gasteiger partial charge in [0, 0.05) is 0 Å². The number of alkyl halides is 3. The Labute approximate surface area is 108 Å². The van der Waals surface area contributed by atoms with Crippen LogP contribution in [-0.4, -0.2) is 11.5 Å². The molecule has 19 heavy (non-hydrogen) atoms. The summed E-state index contributed by atoms with van der Waals surface area (Å²) in [5.41, 5.74) is 0.944. The number of hydrogen-bond acceptors (Lipinski definition) is 2. The molecule has 0 saturated carbocycles. The van der Waals surface area contributed by atoms with Crippen LogP contribution in [0.4, 0.5) is 13.2 Å². The Morgan fingerprint density at radius 1 is 0.895 bits per heavy atom. The lowest BCUT2D eigenvalue weighted by molar-refractivity contribution is -0.274. The minimum Gasteiger partial charge on any atom is -0.406 e. The molecule has 0 aliphatic carbocycles. The Bertz CT molecular complexity index is 538. The molecule has 0 bridgehead atoms. The molecule has 0 aliphatic heterocycles. The summed E-state index contributed by atoms with van der Waals surface area (Å²) in [6, 6.07) is 14.0. The van der Waals surface area contributed by atoms with Crippen LogP contribution < -0.4 is 4.74 Å². The number of aliphatic hydroxyl groups excluding tert-OH is 1. The summed E-state index contributed by atoms with van der Waals surface area (Å²) in [5, 5.41) is 10.1. The summed E-state index contributed by atoms with van der Waals surface area (Å²) in [6.45, 7) is 0. The molecule has 5 heteroatoms. The molecule has 0 fully saturated rings. The highest BCUT2D eigenvalue weighted by atomic mass is 19.4. The van der Waals surface area contributed by atoms with E-state index in [0.29, 0.717) is 11.1 Å². The van der Waals surface area contributed by atoms with Crippen LogP contribution in [-0.2, 0) is 0 Å². The number of aliphatic hydroxyl groups is 1. The maximum atomic E-state index is 12.1. The number of halogens is 3. The summed E-state index contributed by atoms with van der Waals surface area (Å²) in [7, 11) is 0. The quantitative estimate of drug-likeness (QED) is 0.920. The fourth-order valence-electron chi connectivity index (χ4n) is 1.71. The fraction of sp³-hybridized carbons (Fsp3) is 0.143. The van der Waals surface area contributed by atoms with Gasteiger partial charge in [0.25, 0.3) is 0 Å². The van der Waals surface area contributed by atoms with Crippen molar-refractivity contribution in [2.45, 2.75) is 12.5 Å². The van der Waals surface area contributed by atoms with Crippen molar-refractivity contribution in [2.75, 3.05) is 0 Å². The Kier molecular flexibility index (Phi) is 3.76. The molecule has 0 spiro atoms. The van der Waals surface area contributed by atoms with Gasteiger partial charge in [0.05, 0.1) is 0 Å². The third-order valence-corrected chi connectivity index (χ3v) is 2.52. The average Bonchev–Trinajstić information content (AvgIpc) is 2.37. The second kappa shape index (κ2) is 5.32. The molecule has 0 heterocycles. The van der Waals surface area contributed by atoms with Crippen LogP contribution in [0.3, 0.4) is 0 Å². The second-order valence-corrected chi connectivity index (χ2v) is 3.93. The van der Waals surface area contributed by atoms with E-state index in [9.17, 15) is 18.3 Å². The van der Waals surface area contributed by atoms with Crippen LogP contribution in [0.25, 0.3) is 0 Å². The van der Waals surface area contributed by atoms with E-state index in [0.717, 1.165) is 0 Å². The first-order chi connectivity index (χ1) is 8.96. The van der Waals surface area contributed by atoms with Crippen molar-refractivity contribution in [1.29, 1.82) is 0 Å². The Hall–Kier alpha value is -2.01. The van der Waals surface area contributed by atoms with Gasteiger partial charge < -0.3 is 9.84 Å². The molecule has 0 saturated heterocycles. The third-order valence-electron chi connectivity index (χ3n) is 2.52. The van der Waals surface area contributed by atoms with E-state index in [-0.39, 0.29) is 5.75 Å². The van der Waals surface area contributed by atoms with E-state index in [1.807, 2.05) is 0 Å². The molecule has 0 aliphatic rings. The van der Waals surface area contributed by atoms with Crippen LogP contribution in [0.15, 0.2) is 54.6 Å². The molecule has 1 atom stereocenters. The van der Waals surface area contributed by atoms with Crippen molar-refractivity contribution in [3.05, 3.63) is 65.7 Å². The Morgan fingerprint density at radius 2 is 1.53 bits per heavy atom. The molecular formula is C14H11F3O2. The van der Waals surface area contributed by atoms with Gasteiger partial charge in [0.15, 0.2) is 0 Å². The van der Waals surface area contributed by atoms with E-state index in [2.05, 4.69) is 4.74 Å². The van der Waals surface area contributed by atoms with Crippen molar-refractivity contribution >= 4 is 0 Å². The van der Waals surface area contributed by atoms with Gasteiger partial charge in [-0.2, -0.15) is 0 Å². The molecule has 0 aromatic heterocycles. The molecule has 0 radical (unpaired) electrons. The first kappa shape index (κ1) is 13.4. The SMILES string of the molecule is OC(c1ccccc1)c1cccc(OC(F)(F)F)c1. The summed E-state index contributed by atoms with van der Waals surface area (Å²) in [4.78, 5) is 0. The van der Waals surface area contributed by atoms with Crippen molar-refractivity contribution in [1.82, 2.24) is 0 Å². The van der Waals surface area contributed by atoms with Crippen molar-refractivity contribution < 1.29 is 23.0 Å². The highest BCUT2D eigenvalue weighted by Crippen LogP contribution is 2.28. The highest BCUT2D eigenvalue weighted by Gasteiger charge is 2.31. The number of benzene rings is 2. The monoisotopic (exact) mass is 268 g/mol. The summed E-state index contributed by atoms with van der Waals surface area (Å²) >= 11 is 0. The molecule has 0 amide bonds. The summed E-state index contributed by atoms with van der Waals surface area (Å²) < 4.78 is 40.2.